The van der Waals surface area contributed by atoms with Crippen molar-refractivity contribution in [3.8, 4) is 0 Å². The molecule has 0 radical (unpaired) electrons. The number of nitrogens with zero attached hydrogens (tertiary/aromatic N) is 1. The van der Waals surface area contributed by atoms with Gasteiger partial charge in [0.25, 0.3) is 0 Å². The van der Waals surface area contributed by atoms with Gasteiger partial charge in [-0.1, -0.05) is 0 Å². The van der Waals surface area contributed by atoms with Gasteiger partial charge in [0.1, 0.15) is 0 Å². The molecule has 0 saturated carbocycles. The number of aliphatic hydroxyl groups excluding tert-OH is 1. The molecule has 0 bridgehead atoms. The molecule has 0 unspecified atom stereocenters. The van der Waals surface area contributed by atoms with Crippen LogP contribution < -0.4 is 17.1 Å². The minimum Gasteiger partial charge on any atom is -0.394 e. The fourth-order valence-corrected chi connectivity index (χ4v) is 0.937. The molecule has 2 amide bonds. The summed E-state index contributed by atoms with van der Waals surface area (Å²) in [5.41, 5.74) is 1.85. The van der Waals surface area contributed by atoms with Crippen LogP contribution in [0.5, 0.6) is 0 Å². The van der Waals surface area contributed by atoms with Gasteiger partial charge in [-0.15, -0.1) is 11.6 Å². The van der Waals surface area contributed by atoms with E-state index in [1.54, 1.807) is 0 Å². The van der Waals surface area contributed by atoms with E-state index in [-0.39, 0.29) is 19.8 Å². The standard InChI is InChI=1S/C3H9ClN4O.C2H7O5P/c4-1-2-8(6)3(9)7-5;3-1-2-7-8(4,5)6/h1-2,5-6H2,(H,7,9);3H,1-2H2,(H2,4,5,6). The summed E-state index contributed by atoms with van der Waals surface area (Å²) >= 11 is 5.25. The van der Waals surface area contributed by atoms with E-state index in [4.69, 9.17) is 38.2 Å². The fourth-order valence-electron chi connectivity index (χ4n) is 0.435. The van der Waals surface area contributed by atoms with E-state index >= 15 is 0 Å². The van der Waals surface area contributed by atoms with E-state index in [2.05, 4.69) is 4.52 Å². The number of hydrazine groups is 2. The highest BCUT2D eigenvalue weighted by Gasteiger charge is 2.11. The van der Waals surface area contributed by atoms with Gasteiger partial charge in [-0.2, -0.15) is 0 Å². The Kier molecular flexibility index (Phi) is 11.9. The summed E-state index contributed by atoms with van der Waals surface area (Å²) in [4.78, 5) is 26.3. The third-order valence-electron chi connectivity index (χ3n) is 1.06. The van der Waals surface area contributed by atoms with E-state index in [1.165, 1.54) is 0 Å². The number of alkyl halides is 1. The Morgan fingerprint density at radius 3 is 2.29 bits per heavy atom. The summed E-state index contributed by atoms with van der Waals surface area (Å²) in [6.07, 6.45) is 0. The van der Waals surface area contributed by atoms with Crippen LogP contribution in [0.1, 0.15) is 0 Å². The number of carbonyl (C=O) groups excluding carboxylic acids is 1. The first kappa shape index (κ1) is 18.9. The second-order valence-corrected chi connectivity index (χ2v) is 4.00. The van der Waals surface area contributed by atoms with Crippen molar-refractivity contribution in [1.82, 2.24) is 10.4 Å². The lowest BCUT2D eigenvalue weighted by molar-refractivity contribution is 0.151. The van der Waals surface area contributed by atoms with Gasteiger partial charge >= 0.3 is 13.9 Å². The largest absolute Gasteiger partial charge is 0.469 e. The molecule has 8 N–H and O–H groups in total. The molecule has 0 aromatic rings. The molecule has 0 rings (SSSR count). The van der Waals surface area contributed by atoms with Gasteiger partial charge < -0.3 is 14.9 Å². The molecule has 17 heavy (non-hydrogen) atoms. The maximum absolute atomic E-state index is 10.4. The molecule has 0 aliphatic carbocycles. The average molecular weight is 295 g/mol. The highest BCUT2D eigenvalue weighted by molar-refractivity contribution is 7.46. The zero-order valence-corrected chi connectivity index (χ0v) is 10.5. The number of aliphatic hydroxyl groups is 1. The van der Waals surface area contributed by atoms with Crippen LogP contribution in [0.4, 0.5) is 4.79 Å². The number of phosphoric ester groups is 1. The maximum atomic E-state index is 10.4. The first-order valence-electron chi connectivity index (χ1n) is 4.18. The number of phosphoric acid groups is 1. The molecule has 0 spiro atoms. The number of rotatable bonds is 5. The first-order chi connectivity index (χ1) is 7.78. The third-order valence-corrected chi connectivity index (χ3v) is 1.75. The zero-order chi connectivity index (χ0) is 13.9. The molecule has 12 heteroatoms. The minimum absolute atomic E-state index is 0.282. The van der Waals surface area contributed by atoms with Crippen LogP contribution in [-0.4, -0.2) is 51.6 Å². The summed E-state index contributed by atoms with van der Waals surface area (Å²) in [6, 6.07) is -0.546. The second kappa shape index (κ2) is 10.7. The SMILES string of the molecule is NNC(=O)N(N)CCCl.O=P(O)(O)OCCO. The van der Waals surface area contributed by atoms with Crippen molar-refractivity contribution in [2.24, 2.45) is 11.7 Å². The first-order valence-corrected chi connectivity index (χ1v) is 6.24. The van der Waals surface area contributed by atoms with Crippen molar-refractivity contribution < 1.29 is 28.8 Å². The van der Waals surface area contributed by atoms with E-state index in [0.29, 0.717) is 5.88 Å². The lowest BCUT2D eigenvalue weighted by Crippen LogP contribution is -2.48. The van der Waals surface area contributed by atoms with E-state index < -0.39 is 13.9 Å². The zero-order valence-electron chi connectivity index (χ0n) is 8.82. The van der Waals surface area contributed by atoms with Crippen molar-refractivity contribution >= 4 is 25.5 Å². The van der Waals surface area contributed by atoms with Gasteiger partial charge in [0.15, 0.2) is 0 Å². The van der Waals surface area contributed by atoms with Crippen molar-refractivity contribution in [1.29, 1.82) is 0 Å². The second-order valence-electron chi connectivity index (χ2n) is 2.38. The summed E-state index contributed by atoms with van der Waals surface area (Å²) in [7, 11) is -4.34. The molecule has 0 aliphatic rings. The average Bonchev–Trinajstić information content (AvgIpc) is 2.25. The highest BCUT2D eigenvalue weighted by atomic mass is 35.5. The van der Waals surface area contributed by atoms with Crippen molar-refractivity contribution in [3.05, 3.63) is 0 Å². The Hall–Kier alpha value is -0.450. The fraction of sp³-hybridized carbons (Fsp3) is 0.800. The monoisotopic (exact) mass is 294 g/mol. The van der Waals surface area contributed by atoms with Crippen LogP contribution in [0.2, 0.25) is 0 Å². The summed E-state index contributed by atoms with van der Waals surface area (Å²) in [5.74, 6) is 10.1. The summed E-state index contributed by atoms with van der Waals surface area (Å²) < 4.78 is 13.5. The Balaban J connectivity index is 0. The van der Waals surface area contributed by atoms with Crippen molar-refractivity contribution in [2.75, 3.05) is 25.6 Å². The van der Waals surface area contributed by atoms with Gasteiger partial charge in [0.05, 0.1) is 19.8 Å². The smallest absolute Gasteiger partial charge is 0.394 e. The normalized spacial score (nSPS) is 10.2. The molecule has 0 aliphatic heterocycles. The molecular formula is C5H16ClN4O6P. The van der Waals surface area contributed by atoms with Crippen molar-refractivity contribution in [3.63, 3.8) is 0 Å². The van der Waals surface area contributed by atoms with Crippen molar-refractivity contribution in [2.45, 2.75) is 0 Å². The molecule has 0 aromatic heterocycles. The predicted molar refractivity (Wildman–Crippen MR) is 59.4 cm³/mol. The maximum Gasteiger partial charge on any atom is 0.469 e. The predicted octanol–water partition coefficient (Wildman–Crippen LogP) is -1.93. The lowest BCUT2D eigenvalue weighted by Gasteiger charge is -2.12. The van der Waals surface area contributed by atoms with Gasteiger partial charge in [-0.25, -0.2) is 21.0 Å². The molecule has 0 atom stereocenters. The van der Waals surface area contributed by atoms with Crippen LogP contribution in [-0.2, 0) is 9.09 Å². The summed E-state index contributed by atoms with van der Waals surface area (Å²) in [6.45, 7) is -0.431. The van der Waals surface area contributed by atoms with Crippen LogP contribution in [0.25, 0.3) is 0 Å². The molecule has 0 aromatic carbocycles. The van der Waals surface area contributed by atoms with Gasteiger partial charge in [-0.05, 0) is 0 Å². The Labute approximate surface area is 103 Å². The van der Waals surface area contributed by atoms with Gasteiger partial charge in [0.2, 0.25) is 0 Å². The van der Waals surface area contributed by atoms with E-state index in [9.17, 15) is 9.36 Å². The van der Waals surface area contributed by atoms with Gasteiger partial charge in [0, 0.05) is 5.88 Å². The molecule has 104 valence electrons. The van der Waals surface area contributed by atoms with Crippen LogP contribution in [0.15, 0.2) is 0 Å². The van der Waals surface area contributed by atoms with Crippen LogP contribution in [0, 0.1) is 0 Å². The van der Waals surface area contributed by atoms with Crippen LogP contribution in [0.3, 0.4) is 0 Å². The number of nitrogens with two attached hydrogens (primary N) is 2. The number of hydrogen-bond acceptors (Lipinski definition) is 6. The van der Waals surface area contributed by atoms with Gasteiger partial charge in [-0.3, -0.25) is 15.0 Å². The van der Waals surface area contributed by atoms with E-state index in [1.807, 2.05) is 5.43 Å². The Morgan fingerprint density at radius 1 is 1.53 bits per heavy atom. The number of urea groups is 1. The number of amides is 2. The molecule has 10 nitrogen and oxygen atoms in total. The molecular weight excluding hydrogens is 279 g/mol. The quantitative estimate of drug-likeness (QED) is 0.112. The molecule has 0 fully saturated rings. The van der Waals surface area contributed by atoms with Crippen LogP contribution >= 0.6 is 19.4 Å². The summed E-state index contributed by atoms with van der Waals surface area (Å²) in [5, 5.41) is 8.86. The topological polar surface area (TPSA) is 171 Å². The number of carbonyl (C=O) groups is 1. The molecule has 0 heterocycles. The number of halogens is 1. The third kappa shape index (κ3) is 15.5. The van der Waals surface area contributed by atoms with E-state index in [0.717, 1.165) is 5.01 Å². The molecule has 0 saturated heterocycles. The minimum atomic E-state index is -4.34. The Bertz CT molecular complexity index is 251. The Morgan fingerprint density at radius 2 is 2.06 bits per heavy atom. The highest BCUT2D eigenvalue weighted by Crippen LogP contribution is 2.34. The lowest BCUT2D eigenvalue weighted by atomic mass is 10.7. The number of hydrogen-bond donors (Lipinski definition) is 6. The number of nitrogens with one attached hydrogen (secondary N) is 1.